The number of aromatic nitrogens is 1. The molecule has 1 aromatic heterocycles. The van der Waals surface area contributed by atoms with E-state index in [1.165, 1.54) is 17.3 Å². The molecule has 2 aromatic rings. The minimum absolute atomic E-state index is 0.792. The average molecular weight is 296 g/mol. The van der Waals surface area contributed by atoms with Crippen LogP contribution in [0, 0.1) is 0 Å². The van der Waals surface area contributed by atoms with Gasteiger partial charge in [-0.1, -0.05) is 29.3 Å². The second-order valence-corrected chi connectivity index (χ2v) is 5.09. The highest BCUT2D eigenvalue weighted by Gasteiger charge is 2.01. The summed E-state index contributed by atoms with van der Waals surface area (Å²) in [5.74, 6) is 0. The van der Waals surface area contributed by atoms with Crippen LogP contribution in [0.5, 0.6) is 0 Å². The first-order valence-electron chi connectivity index (χ1n) is 6.13. The molecule has 2 rings (SSSR count). The fraction of sp³-hybridized carbons (Fsp3) is 0.429. The molecule has 0 bridgehead atoms. The molecule has 92 valence electrons. The fourth-order valence-corrected chi connectivity index (χ4v) is 2.26. The first-order valence-corrected chi connectivity index (χ1v) is 6.92. The topological polar surface area (TPSA) is 14.2 Å². The van der Waals surface area contributed by atoms with Crippen LogP contribution in [0.2, 0.25) is 0 Å². The van der Waals surface area contributed by atoms with Gasteiger partial charge in [0.05, 0.1) is 6.61 Å². The maximum absolute atomic E-state index is 5.59. The Bertz CT molecular complexity index is 478. The quantitative estimate of drug-likeness (QED) is 0.728. The first-order chi connectivity index (χ1) is 8.31. The van der Waals surface area contributed by atoms with Gasteiger partial charge in [-0.2, -0.15) is 0 Å². The second kappa shape index (κ2) is 6.22. The van der Waals surface area contributed by atoms with E-state index in [2.05, 4.69) is 57.9 Å². The van der Waals surface area contributed by atoms with Gasteiger partial charge in [0, 0.05) is 34.7 Å². The van der Waals surface area contributed by atoms with Crippen LogP contribution < -0.4 is 0 Å². The molecule has 0 radical (unpaired) electrons. The predicted molar refractivity (Wildman–Crippen MR) is 75.4 cm³/mol. The molecule has 0 aliphatic carbocycles. The third kappa shape index (κ3) is 3.33. The molecule has 0 atom stereocenters. The smallest absolute Gasteiger partial charge is 0.0645 e. The summed E-state index contributed by atoms with van der Waals surface area (Å²) in [6.45, 7) is 4.77. The van der Waals surface area contributed by atoms with Gasteiger partial charge in [-0.05, 0) is 30.7 Å². The second-order valence-electron chi connectivity index (χ2n) is 4.18. The van der Waals surface area contributed by atoms with Crippen LogP contribution in [0.1, 0.15) is 19.8 Å². The van der Waals surface area contributed by atoms with E-state index in [-0.39, 0.29) is 0 Å². The summed E-state index contributed by atoms with van der Waals surface area (Å²) in [6.07, 6.45) is 4.47. The largest absolute Gasteiger partial charge is 0.380 e. The summed E-state index contributed by atoms with van der Waals surface area (Å²) >= 11 is 3.49. The van der Waals surface area contributed by atoms with Crippen molar-refractivity contribution in [2.45, 2.75) is 26.3 Å². The average Bonchev–Trinajstić information content (AvgIpc) is 2.71. The molecule has 0 amide bonds. The molecule has 0 aliphatic rings. The molecule has 0 unspecified atom stereocenters. The molecule has 0 fully saturated rings. The normalized spacial score (nSPS) is 11.2. The molecule has 0 spiro atoms. The van der Waals surface area contributed by atoms with Crippen LogP contribution in [0.25, 0.3) is 10.9 Å². The monoisotopic (exact) mass is 295 g/mol. The number of hydrogen-bond acceptors (Lipinski definition) is 1. The van der Waals surface area contributed by atoms with Crippen molar-refractivity contribution >= 4 is 26.8 Å². The third-order valence-electron chi connectivity index (χ3n) is 2.85. The summed E-state index contributed by atoms with van der Waals surface area (Å²) in [5, 5.41) is 1.27. The predicted octanol–water partition coefficient (Wildman–Crippen LogP) is 4.22. The molecular formula is C14H18BrNO. The lowest BCUT2D eigenvalue weighted by Gasteiger charge is -2.06. The molecule has 1 heterocycles. The molecule has 0 aliphatic heterocycles. The molecular weight excluding hydrogens is 278 g/mol. The molecule has 1 aromatic carbocycles. The molecule has 0 N–H and O–H groups in total. The highest BCUT2D eigenvalue weighted by Crippen LogP contribution is 2.20. The van der Waals surface area contributed by atoms with Gasteiger partial charge in [-0.3, -0.25) is 0 Å². The molecule has 0 saturated heterocycles. The SMILES string of the molecule is CCCCOCCn1ccc2cc(Br)ccc21. The molecule has 0 saturated carbocycles. The van der Waals surface area contributed by atoms with Gasteiger partial charge < -0.3 is 9.30 Å². The number of unbranched alkanes of at least 4 members (excludes halogenated alkanes) is 1. The maximum atomic E-state index is 5.59. The van der Waals surface area contributed by atoms with E-state index < -0.39 is 0 Å². The Balaban J connectivity index is 1.95. The Labute approximate surface area is 111 Å². The summed E-state index contributed by atoms with van der Waals surface area (Å²) in [6, 6.07) is 8.51. The zero-order valence-electron chi connectivity index (χ0n) is 10.2. The molecule has 17 heavy (non-hydrogen) atoms. The van der Waals surface area contributed by atoms with E-state index in [4.69, 9.17) is 4.74 Å². The van der Waals surface area contributed by atoms with Crippen LogP contribution in [0.3, 0.4) is 0 Å². The van der Waals surface area contributed by atoms with Crippen molar-refractivity contribution in [3.05, 3.63) is 34.9 Å². The van der Waals surface area contributed by atoms with Crippen LogP contribution in [-0.4, -0.2) is 17.8 Å². The maximum Gasteiger partial charge on any atom is 0.0645 e. The third-order valence-corrected chi connectivity index (χ3v) is 3.35. The number of ether oxygens (including phenoxy) is 1. The molecule has 2 nitrogen and oxygen atoms in total. The fourth-order valence-electron chi connectivity index (χ4n) is 1.88. The van der Waals surface area contributed by atoms with Gasteiger partial charge in [-0.15, -0.1) is 0 Å². The standard InChI is InChI=1S/C14H18BrNO/c1-2-3-9-17-10-8-16-7-6-12-11-13(15)4-5-14(12)16/h4-7,11H,2-3,8-10H2,1H3. The molecule has 3 heteroatoms. The lowest BCUT2D eigenvalue weighted by molar-refractivity contribution is 0.124. The van der Waals surface area contributed by atoms with Gasteiger partial charge in [-0.25, -0.2) is 0 Å². The Morgan fingerprint density at radius 1 is 1.24 bits per heavy atom. The van der Waals surface area contributed by atoms with E-state index in [1.807, 2.05) is 0 Å². The number of benzene rings is 1. The zero-order chi connectivity index (χ0) is 12.1. The number of fused-ring (bicyclic) bond motifs is 1. The number of rotatable bonds is 6. The van der Waals surface area contributed by atoms with Crippen molar-refractivity contribution in [2.24, 2.45) is 0 Å². The van der Waals surface area contributed by atoms with Crippen molar-refractivity contribution in [2.75, 3.05) is 13.2 Å². The summed E-state index contributed by atoms with van der Waals surface area (Å²) < 4.78 is 8.96. The van der Waals surface area contributed by atoms with Crippen molar-refractivity contribution in [3.8, 4) is 0 Å². The van der Waals surface area contributed by atoms with Gasteiger partial charge in [0.2, 0.25) is 0 Å². The lowest BCUT2D eigenvalue weighted by atomic mass is 10.2. The minimum Gasteiger partial charge on any atom is -0.380 e. The Morgan fingerprint density at radius 2 is 2.12 bits per heavy atom. The Morgan fingerprint density at radius 3 is 2.94 bits per heavy atom. The van der Waals surface area contributed by atoms with Gasteiger partial charge in [0.15, 0.2) is 0 Å². The number of hydrogen-bond donors (Lipinski definition) is 0. The van der Waals surface area contributed by atoms with E-state index >= 15 is 0 Å². The Hall–Kier alpha value is -0.800. The van der Waals surface area contributed by atoms with Gasteiger partial charge >= 0.3 is 0 Å². The highest BCUT2D eigenvalue weighted by atomic mass is 79.9. The van der Waals surface area contributed by atoms with Crippen LogP contribution in [-0.2, 0) is 11.3 Å². The zero-order valence-corrected chi connectivity index (χ0v) is 11.7. The van der Waals surface area contributed by atoms with E-state index in [9.17, 15) is 0 Å². The van der Waals surface area contributed by atoms with Gasteiger partial charge in [0.1, 0.15) is 0 Å². The highest BCUT2D eigenvalue weighted by molar-refractivity contribution is 9.10. The summed E-state index contributed by atoms with van der Waals surface area (Å²) in [5.41, 5.74) is 1.27. The Kier molecular flexibility index (Phi) is 4.63. The van der Waals surface area contributed by atoms with E-state index in [0.29, 0.717) is 0 Å². The van der Waals surface area contributed by atoms with Crippen molar-refractivity contribution in [3.63, 3.8) is 0 Å². The minimum atomic E-state index is 0.792. The van der Waals surface area contributed by atoms with Crippen LogP contribution in [0.15, 0.2) is 34.9 Å². The first kappa shape index (κ1) is 12.7. The van der Waals surface area contributed by atoms with Crippen molar-refractivity contribution in [1.29, 1.82) is 0 Å². The summed E-state index contributed by atoms with van der Waals surface area (Å²) in [7, 11) is 0. The number of nitrogens with zero attached hydrogens (tertiary/aromatic N) is 1. The summed E-state index contributed by atoms with van der Waals surface area (Å²) in [4.78, 5) is 0. The van der Waals surface area contributed by atoms with Gasteiger partial charge in [0.25, 0.3) is 0 Å². The van der Waals surface area contributed by atoms with Crippen LogP contribution in [0.4, 0.5) is 0 Å². The number of halogens is 1. The lowest BCUT2D eigenvalue weighted by Crippen LogP contribution is -2.05. The van der Waals surface area contributed by atoms with Crippen LogP contribution >= 0.6 is 15.9 Å². The van der Waals surface area contributed by atoms with E-state index in [0.717, 1.165) is 30.7 Å². The van der Waals surface area contributed by atoms with E-state index in [1.54, 1.807) is 0 Å². The van der Waals surface area contributed by atoms with Crippen molar-refractivity contribution < 1.29 is 4.74 Å². The van der Waals surface area contributed by atoms with Crippen molar-refractivity contribution in [1.82, 2.24) is 4.57 Å².